The Kier molecular flexibility index (Phi) is 5.22. The minimum absolute atomic E-state index is 0.0168. The van der Waals surface area contributed by atoms with E-state index in [0.717, 1.165) is 12.2 Å². The summed E-state index contributed by atoms with van der Waals surface area (Å²) in [6.07, 6.45) is 1.99. The maximum absolute atomic E-state index is 11.4. The zero-order valence-corrected chi connectivity index (χ0v) is 10.6. The molecule has 1 aliphatic heterocycles. The smallest absolute Gasteiger partial charge is 0.349 e. The minimum atomic E-state index is -0.666. The molecule has 19 heavy (non-hydrogen) atoms. The second-order valence-corrected chi connectivity index (χ2v) is 3.68. The van der Waals surface area contributed by atoms with Crippen molar-refractivity contribution in [2.24, 2.45) is 0 Å². The summed E-state index contributed by atoms with van der Waals surface area (Å²) in [5, 5.41) is 2.34. The van der Waals surface area contributed by atoms with Crippen LogP contribution in [0.15, 0.2) is 25.3 Å². The van der Waals surface area contributed by atoms with Gasteiger partial charge in [-0.25, -0.2) is 9.59 Å². The Hall–Kier alpha value is -2.19. The predicted molar refractivity (Wildman–Crippen MR) is 63.4 cm³/mol. The first kappa shape index (κ1) is 14.9. The Labute approximate surface area is 110 Å². The number of hydroxylamine groups is 4. The number of carbonyl (C=O) groups is 3. The van der Waals surface area contributed by atoms with E-state index >= 15 is 0 Å². The lowest BCUT2D eigenvalue weighted by molar-refractivity contribution is -0.281. The summed E-state index contributed by atoms with van der Waals surface area (Å²) in [5.74, 6) is -1.58. The van der Waals surface area contributed by atoms with Gasteiger partial charge >= 0.3 is 11.9 Å². The van der Waals surface area contributed by atoms with E-state index in [2.05, 4.69) is 13.2 Å². The summed E-state index contributed by atoms with van der Waals surface area (Å²) in [6.45, 7) is 8.06. The first-order chi connectivity index (χ1) is 8.96. The molecule has 8 heteroatoms. The van der Waals surface area contributed by atoms with Crippen molar-refractivity contribution in [3.05, 3.63) is 25.3 Å². The highest BCUT2D eigenvalue weighted by Crippen LogP contribution is 2.09. The highest BCUT2D eigenvalue weighted by molar-refractivity contribution is 5.81. The summed E-state index contributed by atoms with van der Waals surface area (Å²) >= 11 is 0. The monoisotopic (exact) mass is 269 g/mol. The zero-order chi connectivity index (χ0) is 14.4. The molecule has 0 atom stereocenters. The van der Waals surface area contributed by atoms with Gasteiger partial charge in [-0.15, -0.1) is 10.1 Å². The minimum Gasteiger partial charge on any atom is -0.361 e. The molecule has 0 N–H and O–H groups in total. The third-order valence-electron chi connectivity index (χ3n) is 2.19. The van der Waals surface area contributed by atoms with Crippen molar-refractivity contribution in [1.29, 1.82) is 0 Å². The van der Waals surface area contributed by atoms with E-state index in [1.807, 2.05) is 0 Å². The maximum Gasteiger partial charge on any atom is 0.349 e. The van der Waals surface area contributed by atoms with Gasteiger partial charge in [0, 0.05) is 19.1 Å². The van der Waals surface area contributed by atoms with Gasteiger partial charge in [-0.05, 0) is 0 Å². The van der Waals surface area contributed by atoms with Gasteiger partial charge in [0.1, 0.15) is 20.0 Å². The van der Waals surface area contributed by atoms with Gasteiger partial charge in [-0.3, -0.25) is 4.79 Å². The summed E-state index contributed by atoms with van der Waals surface area (Å²) in [6, 6.07) is 0. The molecule has 1 heterocycles. The van der Waals surface area contributed by atoms with Crippen LogP contribution in [0.3, 0.4) is 0 Å². The Bertz CT molecular complexity index is 379. The van der Waals surface area contributed by atoms with E-state index in [0.29, 0.717) is 0 Å². The molecule has 0 unspecified atom stereocenters. The summed E-state index contributed by atoms with van der Waals surface area (Å²) < 4.78 is 0. The van der Waals surface area contributed by atoms with E-state index in [-0.39, 0.29) is 25.9 Å². The van der Waals surface area contributed by atoms with Gasteiger partial charge in [0.05, 0.1) is 0 Å². The van der Waals surface area contributed by atoms with Crippen molar-refractivity contribution in [3.8, 4) is 0 Å². The molecule has 1 aliphatic rings. The van der Waals surface area contributed by atoms with Crippen LogP contribution in [0.1, 0.15) is 6.92 Å². The summed E-state index contributed by atoms with van der Waals surface area (Å²) in [4.78, 5) is 44.7. The summed E-state index contributed by atoms with van der Waals surface area (Å²) in [5.41, 5.74) is 0. The van der Waals surface area contributed by atoms with Crippen LogP contribution in [-0.4, -0.2) is 52.9 Å². The fourth-order valence-electron chi connectivity index (χ4n) is 1.33. The van der Waals surface area contributed by atoms with Gasteiger partial charge < -0.3 is 14.6 Å². The van der Waals surface area contributed by atoms with Crippen LogP contribution >= 0.6 is 0 Å². The third kappa shape index (κ3) is 4.53. The molecular weight excluding hydrogens is 254 g/mol. The van der Waals surface area contributed by atoms with E-state index in [4.69, 9.17) is 9.68 Å². The molecule has 104 valence electrons. The number of hydrogen-bond acceptors (Lipinski definition) is 7. The first-order valence-electron chi connectivity index (χ1n) is 5.40. The number of amides is 1. The molecule has 0 spiro atoms. The average Bonchev–Trinajstić information content (AvgIpc) is 2.37. The first-order valence-corrected chi connectivity index (χ1v) is 5.40. The molecule has 8 nitrogen and oxygen atoms in total. The van der Waals surface area contributed by atoms with Crippen molar-refractivity contribution >= 4 is 17.8 Å². The van der Waals surface area contributed by atoms with Crippen molar-refractivity contribution in [2.45, 2.75) is 6.92 Å². The van der Waals surface area contributed by atoms with Gasteiger partial charge in [0.2, 0.25) is 5.91 Å². The lowest BCUT2D eigenvalue weighted by Crippen LogP contribution is -2.56. The Balaban J connectivity index is 2.69. The van der Waals surface area contributed by atoms with Crippen LogP contribution in [0.5, 0.6) is 0 Å². The van der Waals surface area contributed by atoms with Gasteiger partial charge in [-0.2, -0.15) is 0 Å². The molecule has 1 rings (SSSR count). The molecule has 0 saturated carbocycles. The Morgan fingerprint density at radius 2 is 1.37 bits per heavy atom. The highest BCUT2D eigenvalue weighted by Gasteiger charge is 2.29. The SMILES string of the molecule is C=CC(=O)ON1CN(OC(=O)C=C)CN(C(C)=O)C1. The van der Waals surface area contributed by atoms with Gasteiger partial charge in [0.15, 0.2) is 0 Å². The fraction of sp³-hybridized carbons (Fsp3) is 0.364. The topological polar surface area (TPSA) is 79.4 Å². The average molecular weight is 269 g/mol. The Morgan fingerprint density at radius 1 is 0.947 bits per heavy atom. The zero-order valence-electron chi connectivity index (χ0n) is 10.6. The number of rotatable bonds is 4. The third-order valence-corrected chi connectivity index (χ3v) is 2.19. The van der Waals surface area contributed by atoms with E-state index in [9.17, 15) is 14.4 Å². The van der Waals surface area contributed by atoms with Crippen LogP contribution in [0.2, 0.25) is 0 Å². The lowest BCUT2D eigenvalue weighted by Gasteiger charge is -2.38. The van der Waals surface area contributed by atoms with E-state index < -0.39 is 11.9 Å². The fourth-order valence-corrected chi connectivity index (χ4v) is 1.33. The Morgan fingerprint density at radius 3 is 1.68 bits per heavy atom. The normalized spacial score (nSPS) is 16.6. The van der Waals surface area contributed by atoms with Crippen LogP contribution < -0.4 is 0 Å². The van der Waals surface area contributed by atoms with Crippen molar-refractivity contribution in [2.75, 3.05) is 20.0 Å². The molecule has 0 aliphatic carbocycles. The summed E-state index contributed by atoms with van der Waals surface area (Å²) in [7, 11) is 0. The molecule has 0 radical (unpaired) electrons. The predicted octanol–water partition coefficient (Wildman–Crippen LogP) is -0.387. The lowest BCUT2D eigenvalue weighted by atomic mass is 10.5. The molecular formula is C11H15N3O5. The number of hydrogen-bond donors (Lipinski definition) is 0. The van der Waals surface area contributed by atoms with Crippen LogP contribution in [0.25, 0.3) is 0 Å². The highest BCUT2D eigenvalue weighted by atomic mass is 16.7. The molecule has 1 amide bonds. The largest absolute Gasteiger partial charge is 0.361 e. The second kappa shape index (κ2) is 6.66. The number of carbonyl (C=O) groups excluding carboxylic acids is 3. The second-order valence-electron chi connectivity index (χ2n) is 3.68. The van der Waals surface area contributed by atoms with Gasteiger partial charge in [-0.1, -0.05) is 13.2 Å². The maximum atomic E-state index is 11.4. The van der Waals surface area contributed by atoms with Crippen LogP contribution in [0.4, 0.5) is 0 Å². The molecule has 1 fully saturated rings. The standard InChI is InChI=1S/C11H15N3O5/c1-4-10(16)18-13-6-12(9(3)15)7-14(8-13)19-11(17)5-2/h4-5H,1-2,6-8H2,3H3. The van der Waals surface area contributed by atoms with Crippen LogP contribution in [0, 0.1) is 0 Å². The van der Waals surface area contributed by atoms with Crippen molar-refractivity contribution in [3.63, 3.8) is 0 Å². The van der Waals surface area contributed by atoms with E-state index in [1.165, 1.54) is 22.0 Å². The quantitative estimate of drug-likeness (QED) is 0.643. The molecule has 0 aromatic heterocycles. The molecule has 0 aromatic carbocycles. The van der Waals surface area contributed by atoms with Crippen molar-refractivity contribution in [1.82, 2.24) is 15.0 Å². The van der Waals surface area contributed by atoms with Gasteiger partial charge in [0.25, 0.3) is 0 Å². The van der Waals surface area contributed by atoms with Crippen molar-refractivity contribution < 1.29 is 24.1 Å². The van der Waals surface area contributed by atoms with Crippen LogP contribution in [-0.2, 0) is 24.1 Å². The molecule has 0 bridgehead atoms. The molecule has 1 saturated heterocycles. The molecule has 0 aromatic rings. The number of nitrogens with zero attached hydrogens (tertiary/aromatic N) is 3. The van der Waals surface area contributed by atoms with E-state index in [1.54, 1.807) is 0 Å².